The van der Waals surface area contributed by atoms with Gasteiger partial charge < -0.3 is 19.6 Å². The number of nitrogens with one attached hydrogen (secondary N) is 1. The Hall–Kier alpha value is -3.29. The lowest BCUT2D eigenvalue weighted by molar-refractivity contribution is -0.127. The molecule has 0 saturated heterocycles. The molecule has 0 spiro atoms. The smallest absolute Gasteiger partial charge is 0.267 e. The predicted molar refractivity (Wildman–Crippen MR) is 89.6 cm³/mol. The number of fused-ring (bicyclic) bond motifs is 2. The predicted octanol–water partition coefficient (Wildman–Crippen LogP) is 1.66. The highest BCUT2D eigenvalue weighted by Gasteiger charge is 2.19. The summed E-state index contributed by atoms with van der Waals surface area (Å²) in [5, 5.41) is 10.7. The average Bonchev–Trinajstić information content (AvgIpc) is 3.04. The number of anilines is 1. The van der Waals surface area contributed by atoms with Gasteiger partial charge in [0.05, 0.1) is 0 Å². The molecule has 0 aliphatic carbocycles. The van der Waals surface area contributed by atoms with Gasteiger partial charge in [0.2, 0.25) is 6.10 Å². The summed E-state index contributed by atoms with van der Waals surface area (Å²) in [6.45, 7) is 2.66. The third-order valence-electron chi connectivity index (χ3n) is 3.76. The molecule has 1 aromatic heterocycles. The maximum atomic E-state index is 12.4. The van der Waals surface area contributed by atoms with Crippen LogP contribution < -0.4 is 19.6 Å². The lowest BCUT2D eigenvalue weighted by Crippen LogP contribution is -2.35. The van der Waals surface area contributed by atoms with Crippen LogP contribution in [0.1, 0.15) is 6.92 Å². The molecule has 3 aromatic rings. The van der Waals surface area contributed by atoms with Gasteiger partial charge in [-0.25, -0.2) is 0 Å². The Labute approximate surface area is 143 Å². The van der Waals surface area contributed by atoms with E-state index in [1.54, 1.807) is 25.1 Å². The van der Waals surface area contributed by atoms with E-state index in [0.717, 1.165) is 0 Å². The molecule has 0 fully saturated rings. The van der Waals surface area contributed by atoms with Gasteiger partial charge in [0.25, 0.3) is 5.91 Å². The fourth-order valence-electron chi connectivity index (χ4n) is 2.49. The summed E-state index contributed by atoms with van der Waals surface area (Å²) in [4.78, 5) is 19.2. The molecule has 0 saturated carbocycles. The molecule has 25 heavy (non-hydrogen) atoms. The van der Waals surface area contributed by atoms with E-state index in [2.05, 4.69) is 15.6 Å². The van der Waals surface area contributed by atoms with Gasteiger partial charge in [0.1, 0.15) is 24.2 Å². The van der Waals surface area contributed by atoms with E-state index in [0.29, 0.717) is 41.4 Å². The Bertz CT molecular complexity index is 924. The molecule has 8 nitrogen and oxygen atoms in total. The minimum Gasteiger partial charge on any atom is -0.486 e. The van der Waals surface area contributed by atoms with Gasteiger partial charge >= 0.3 is 0 Å². The maximum absolute atomic E-state index is 12.4. The second kappa shape index (κ2) is 6.31. The van der Waals surface area contributed by atoms with Crippen molar-refractivity contribution in [3.05, 3.63) is 42.5 Å². The average molecular weight is 340 g/mol. The first-order valence-corrected chi connectivity index (χ1v) is 7.89. The van der Waals surface area contributed by atoms with E-state index in [9.17, 15) is 4.79 Å². The SMILES string of the molecule is C[C@H](On1nnc2ccccc21)C(=O)Nc1ccc2c(c1)OCCO2. The van der Waals surface area contributed by atoms with Crippen LogP contribution in [-0.4, -0.2) is 40.4 Å². The molecule has 1 N–H and O–H groups in total. The first-order chi connectivity index (χ1) is 12.2. The number of amides is 1. The summed E-state index contributed by atoms with van der Waals surface area (Å²) in [7, 11) is 0. The van der Waals surface area contributed by atoms with Gasteiger partial charge in [-0.15, -0.1) is 5.10 Å². The van der Waals surface area contributed by atoms with Crippen LogP contribution in [0.4, 0.5) is 5.69 Å². The number of para-hydroxylation sites is 1. The first-order valence-electron chi connectivity index (χ1n) is 7.89. The second-order valence-electron chi connectivity index (χ2n) is 5.55. The van der Waals surface area contributed by atoms with Crippen LogP contribution in [0, 0.1) is 0 Å². The standard InChI is InChI=1S/C17H16N4O4/c1-11(25-21-14-5-3-2-4-13(14)19-20-21)17(22)18-12-6-7-15-16(10-12)24-9-8-23-15/h2-7,10-11H,8-9H2,1H3,(H,18,22)/t11-/m0/s1. The van der Waals surface area contributed by atoms with Crippen molar-refractivity contribution in [2.45, 2.75) is 13.0 Å². The normalized spacial score (nSPS) is 14.1. The Morgan fingerprint density at radius 3 is 2.88 bits per heavy atom. The van der Waals surface area contributed by atoms with E-state index >= 15 is 0 Å². The van der Waals surface area contributed by atoms with E-state index in [-0.39, 0.29) is 5.91 Å². The number of aromatic nitrogens is 3. The minimum absolute atomic E-state index is 0.309. The van der Waals surface area contributed by atoms with E-state index in [1.165, 1.54) is 4.85 Å². The van der Waals surface area contributed by atoms with Crippen LogP contribution in [-0.2, 0) is 4.79 Å². The fraction of sp³-hybridized carbons (Fsp3) is 0.235. The van der Waals surface area contributed by atoms with Gasteiger partial charge in [-0.3, -0.25) is 4.79 Å². The molecule has 1 aliphatic heterocycles. The fourth-order valence-corrected chi connectivity index (χ4v) is 2.49. The van der Waals surface area contributed by atoms with Gasteiger partial charge in [-0.1, -0.05) is 17.0 Å². The number of hydrogen-bond donors (Lipinski definition) is 1. The van der Waals surface area contributed by atoms with Crippen molar-refractivity contribution in [2.75, 3.05) is 18.5 Å². The van der Waals surface area contributed by atoms with Crippen molar-refractivity contribution >= 4 is 22.6 Å². The van der Waals surface area contributed by atoms with Crippen LogP contribution in [0.25, 0.3) is 11.0 Å². The van der Waals surface area contributed by atoms with Crippen molar-refractivity contribution in [2.24, 2.45) is 0 Å². The zero-order valence-corrected chi connectivity index (χ0v) is 13.5. The van der Waals surface area contributed by atoms with Crippen LogP contribution in [0.3, 0.4) is 0 Å². The van der Waals surface area contributed by atoms with E-state index in [4.69, 9.17) is 14.3 Å². The number of nitrogens with zero attached hydrogens (tertiary/aromatic N) is 3. The maximum Gasteiger partial charge on any atom is 0.267 e. The third-order valence-corrected chi connectivity index (χ3v) is 3.76. The highest BCUT2D eigenvalue weighted by Crippen LogP contribution is 2.32. The Kier molecular flexibility index (Phi) is 3.85. The first kappa shape index (κ1) is 15.3. The number of ether oxygens (including phenoxy) is 2. The summed E-state index contributed by atoms with van der Waals surface area (Å²) in [6, 6.07) is 12.6. The van der Waals surface area contributed by atoms with Gasteiger partial charge in [-0.05, 0) is 36.4 Å². The summed E-state index contributed by atoms with van der Waals surface area (Å²) in [5.41, 5.74) is 2.00. The Balaban J connectivity index is 1.45. The van der Waals surface area contributed by atoms with Crippen LogP contribution in [0.5, 0.6) is 11.5 Å². The van der Waals surface area contributed by atoms with Crippen molar-refractivity contribution in [3.8, 4) is 11.5 Å². The molecule has 2 heterocycles. The van der Waals surface area contributed by atoms with Crippen LogP contribution >= 0.6 is 0 Å². The number of carbonyl (C=O) groups is 1. The number of carbonyl (C=O) groups excluding carboxylic acids is 1. The highest BCUT2D eigenvalue weighted by atomic mass is 16.7. The zero-order chi connectivity index (χ0) is 17.2. The highest BCUT2D eigenvalue weighted by molar-refractivity contribution is 5.94. The molecular formula is C17H16N4O4. The van der Waals surface area contributed by atoms with Crippen LogP contribution in [0.15, 0.2) is 42.5 Å². The molecule has 1 atom stereocenters. The topological polar surface area (TPSA) is 87.5 Å². The van der Waals surface area contributed by atoms with Crippen molar-refractivity contribution in [1.29, 1.82) is 0 Å². The number of rotatable bonds is 4. The monoisotopic (exact) mass is 340 g/mol. The van der Waals surface area contributed by atoms with Gasteiger partial charge in [-0.2, -0.15) is 0 Å². The lowest BCUT2D eigenvalue weighted by atomic mass is 10.2. The Morgan fingerprint density at radius 2 is 2.00 bits per heavy atom. The molecule has 1 amide bonds. The van der Waals surface area contributed by atoms with Crippen molar-refractivity contribution in [1.82, 2.24) is 15.2 Å². The van der Waals surface area contributed by atoms with Gasteiger partial charge in [0.15, 0.2) is 11.5 Å². The zero-order valence-electron chi connectivity index (χ0n) is 13.5. The molecule has 0 unspecified atom stereocenters. The molecule has 4 rings (SSSR count). The lowest BCUT2D eigenvalue weighted by Gasteiger charge is -2.19. The molecule has 128 valence electrons. The van der Waals surface area contributed by atoms with Crippen molar-refractivity contribution in [3.63, 3.8) is 0 Å². The molecule has 0 bridgehead atoms. The molecule has 2 aromatic carbocycles. The summed E-state index contributed by atoms with van der Waals surface area (Å²) in [5.74, 6) is 0.971. The molecule has 0 radical (unpaired) electrons. The number of hydrogen-bond acceptors (Lipinski definition) is 6. The number of benzene rings is 2. The van der Waals surface area contributed by atoms with Crippen molar-refractivity contribution < 1.29 is 19.1 Å². The van der Waals surface area contributed by atoms with Crippen LogP contribution in [0.2, 0.25) is 0 Å². The van der Waals surface area contributed by atoms with Gasteiger partial charge in [0, 0.05) is 11.8 Å². The largest absolute Gasteiger partial charge is 0.486 e. The quantitative estimate of drug-likeness (QED) is 0.777. The molecular weight excluding hydrogens is 324 g/mol. The third kappa shape index (κ3) is 3.06. The minimum atomic E-state index is -0.765. The molecule has 8 heteroatoms. The summed E-state index contributed by atoms with van der Waals surface area (Å²) in [6.07, 6.45) is -0.765. The van der Waals surface area contributed by atoms with E-state index < -0.39 is 6.10 Å². The summed E-state index contributed by atoms with van der Waals surface area (Å²) >= 11 is 0. The second-order valence-corrected chi connectivity index (χ2v) is 5.55. The van der Waals surface area contributed by atoms with E-state index in [1.807, 2.05) is 24.3 Å². The Morgan fingerprint density at radius 1 is 1.20 bits per heavy atom. The summed E-state index contributed by atoms with van der Waals surface area (Å²) < 4.78 is 11.0. The molecule has 1 aliphatic rings.